The van der Waals surface area contributed by atoms with Gasteiger partial charge >= 0.3 is 0 Å². The summed E-state index contributed by atoms with van der Waals surface area (Å²) in [6.07, 6.45) is 3.21. The monoisotopic (exact) mass is 327 g/mol. The van der Waals surface area contributed by atoms with E-state index in [0.717, 1.165) is 11.1 Å². The fourth-order valence-corrected chi connectivity index (χ4v) is 2.54. The maximum Gasteiger partial charge on any atom is 0.217 e. The second kappa shape index (κ2) is 7.23. The third kappa shape index (κ3) is 3.78. The maximum absolute atomic E-state index is 12.9. The molecule has 0 unspecified atom stereocenters. The molecule has 24 heavy (non-hydrogen) atoms. The van der Waals surface area contributed by atoms with Crippen molar-refractivity contribution < 1.29 is 14.2 Å². The highest BCUT2D eigenvalue weighted by molar-refractivity contribution is 5.68. The Hall–Kier alpha value is -2.73. The van der Waals surface area contributed by atoms with Crippen LogP contribution in [0, 0.1) is 5.82 Å². The van der Waals surface area contributed by atoms with Crippen molar-refractivity contribution in [3.63, 3.8) is 0 Å². The summed E-state index contributed by atoms with van der Waals surface area (Å²) in [6, 6.07) is 7.80. The van der Waals surface area contributed by atoms with Crippen LogP contribution in [-0.2, 0) is 6.61 Å². The minimum absolute atomic E-state index is 0.282. The topological polar surface area (TPSA) is 58.5 Å². The first-order chi connectivity index (χ1) is 11.7. The molecule has 0 saturated heterocycles. The molecular weight excluding hydrogens is 309 g/mol. The molecule has 0 fully saturated rings. The van der Waals surface area contributed by atoms with Crippen molar-refractivity contribution >= 4 is 5.57 Å². The van der Waals surface area contributed by atoms with Gasteiger partial charge in [0.15, 0.2) is 0 Å². The quantitative estimate of drug-likeness (QED) is 0.827. The summed E-state index contributed by atoms with van der Waals surface area (Å²) in [5.74, 6) is 0.433. The largest absolute Gasteiger partial charge is 0.511 e. The molecule has 1 aliphatic heterocycles. The predicted octanol–water partition coefficient (Wildman–Crippen LogP) is 2.97. The third-order valence-electron chi connectivity index (χ3n) is 3.74. The van der Waals surface area contributed by atoms with Crippen LogP contribution in [0.15, 0.2) is 55.1 Å². The average Bonchev–Trinajstić information content (AvgIpc) is 2.95. The van der Waals surface area contributed by atoms with E-state index in [0.29, 0.717) is 37.0 Å². The first-order valence-electron chi connectivity index (χ1n) is 7.59. The van der Waals surface area contributed by atoms with Crippen molar-refractivity contribution in [3.05, 3.63) is 72.1 Å². The van der Waals surface area contributed by atoms with E-state index < -0.39 is 0 Å². The van der Waals surface area contributed by atoms with Gasteiger partial charge < -0.3 is 9.84 Å². The zero-order chi connectivity index (χ0) is 16.9. The molecule has 6 heteroatoms. The van der Waals surface area contributed by atoms with Crippen LogP contribution in [0.3, 0.4) is 0 Å². The van der Waals surface area contributed by atoms with E-state index in [9.17, 15) is 9.50 Å². The molecule has 2 heterocycles. The van der Waals surface area contributed by atoms with E-state index in [-0.39, 0.29) is 12.4 Å². The van der Waals surface area contributed by atoms with E-state index in [1.165, 1.54) is 18.5 Å². The van der Waals surface area contributed by atoms with Gasteiger partial charge in [0.1, 0.15) is 24.5 Å². The molecule has 3 rings (SSSR count). The Kier molecular flexibility index (Phi) is 4.86. The van der Waals surface area contributed by atoms with Crippen LogP contribution in [0.2, 0.25) is 0 Å². The van der Waals surface area contributed by atoms with Crippen LogP contribution in [0.5, 0.6) is 5.88 Å². The second-order valence-corrected chi connectivity index (χ2v) is 5.54. The molecule has 1 aliphatic rings. The summed E-state index contributed by atoms with van der Waals surface area (Å²) in [5, 5.41) is 10.1. The van der Waals surface area contributed by atoms with E-state index in [2.05, 4.69) is 21.4 Å². The third-order valence-corrected chi connectivity index (χ3v) is 3.74. The van der Waals surface area contributed by atoms with Crippen LogP contribution in [0.1, 0.15) is 11.3 Å². The lowest BCUT2D eigenvalue weighted by molar-refractivity contribution is 0.293. The Bertz CT molecular complexity index is 759. The standard InChI is InChI=1S/C18H18FN3O2/c1-2-7-22-9-15(17(23)10-22)16-8-18(21-12-20-16)24-11-13-3-5-14(19)6-4-13/h2-6,8,12,23H,1,7,9-11H2. The van der Waals surface area contributed by atoms with Gasteiger partial charge in [-0.3, -0.25) is 4.90 Å². The molecule has 1 aromatic carbocycles. The highest BCUT2D eigenvalue weighted by atomic mass is 19.1. The van der Waals surface area contributed by atoms with Gasteiger partial charge in [-0.25, -0.2) is 14.4 Å². The van der Waals surface area contributed by atoms with Gasteiger partial charge in [0.2, 0.25) is 5.88 Å². The number of aliphatic hydroxyl groups excluding tert-OH is 1. The number of hydrogen-bond acceptors (Lipinski definition) is 5. The van der Waals surface area contributed by atoms with E-state index >= 15 is 0 Å². The number of ether oxygens (including phenoxy) is 1. The van der Waals surface area contributed by atoms with Gasteiger partial charge in [0.05, 0.1) is 12.2 Å². The number of aromatic nitrogens is 2. The van der Waals surface area contributed by atoms with E-state index in [1.807, 2.05) is 0 Å². The summed E-state index contributed by atoms with van der Waals surface area (Å²) in [4.78, 5) is 10.4. The fraction of sp³-hybridized carbons (Fsp3) is 0.222. The first kappa shape index (κ1) is 16.1. The lowest BCUT2D eigenvalue weighted by atomic mass is 10.2. The van der Waals surface area contributed by atoms with Gasteiger partial charge in [-0.15, -0.1) is 6.58 Å². The Morgan fingerprint density at radius 1 is 1.25 bits per heavy atom. The average molecular weight is 327 g/mol. The van der Waals surface area contributed by atoms with E-state index in [1.54, 1.807) is 24.3 Å². The molecule has 5 nitrogen and oxygen atoms in total. The van der Waals surface area contributed by atoms with E-state index in [4.69, 9.17) is 4.74 Å². The molecule has 1 aromatic heterocycles. The Labute approximate surface area is 139 Å². The molecule has 2 aromatic rings. The van der Waals surface area contributed by atoms with Crippen LogP contribution in [0.25, 0.3) is 5.57 Å². The number of aliphatic hydroxyl groups is 1. The summed E-state index contributed by atoms with van der Waals surface area (Å²) >= 11 is 0. The number of nitrogens with zero attached hydrogens (tertiary/aromatic N) is 3. The number of rotatable bonds is 6. The fourth-order valence-electron chi connectivity index (χ4n) is 2.54. The summed E-state index contributed by atoms with van der Waals surface area (Å²) in [5.41, 5.74) is 2.26. The lowest BCUT2D eigenvalue weighted by Crippen LogP contribution is -2.21. The van der Waals surface area contributed by atoms with Gasteiger partial charge in [-0.2, -0.15) is 0 Å². The van der Waals surface area contributed by atoms with Crippen LogP contribution in [-0.4, -0.2) is 39.6 Å². The van der Waals surface area contributed by atoms with Crippen molar-refractivity contribution in [1.82, 2.24) is 14.9 Å². The zero-order valence-corrected chi connectivity index (χ0v) is 13.2. The molecule has 0 radical (unpaired) electrons. The number of benzene rings is 1. The van der Waals surface area contributed by atoms with Crippen LogP contribution < -0.4 is 4.74 Å². The van der Waals surface area contributed by atoms with Gasteiger partial charge in [-0.05, 0) is 17.7 Å². The van der Waals surface area contributed by atoms with Gasteiger partial charge in [-0.1, -0.05) is 18.2 Å². The highest BCUT2D eigenvalue weighted by Crippen LogP contribution is 2.25. The minimum Gasteiger partial charge on any atom is -0.511 e. The Balaban J connectivity index is 1.69. The van der Waals surface area contributed by atoms with Crippen molar-refractivity contribution in [1.29, 1.82) is 0 Å². The molecule has 0 amide bonds. The Morgan fingerprint density at radius 2 is 2.04 bits per heavy atom. The Morgan fingerprint density at radius 3 is 2.79 bits per heavy atom. The SMILES string of the molecule is C=CCN1CC(O)=C(c2cc(OCc3ccc(F)cc3)ncn2)C1. The van der Waals surface area contributed by atoms with Crippen molar-refractivity contribution in [2.45, 2.75) is 6.61 Å². The molecule has 1 N–H and O–H groups in total. The first-order valence-corrected chi connectivity index (χ1v) is 7.59. The molecular formula is C18H18FN3O2. The smallest absolute Gasteiger partial charge is 0.217 e. The highest BCUT2D eigenvalue weighted by Gasteiger charge is 2.23. The lowest BCUT2D eigenvalue weighted by Gasteiger charge is -2.12. The van der Waals surface area contributed by atoms with Crippen molar-refractivity contribution in [2.24, 2.45) is 0 Å². The molecule has 0 aliphatic carbocycles. The molecule has 0 spiro atoms. The minimum atomic E-state index is -0.282. The maximum atomic E-state index is 12.9. The molecule has 0 saturated carbocycles. The normalized spacial score (nSPS) is 14.9. The van der Waals surface area contributed by atoms with Crippen LogP contribution in [0.4, 0.5) is 4.39 Å². The van der Waals surface area contributed by atoms with Crippen molar-refractivity contribution in [2.75, 3.05) is 19.6 Å². The number of halogens is 1. The molecule has 124 valence electrons. The molecule has 0 atom stereocenters. The summed E-state index contributed by atoms with van der Waals surface area (Å²) < 4.78 is 18.5. The second-order valence-electron chi connectivity index (χ2n) is 5.54. The zero-order valence-electron chi connectivity index (χ0n) is 13.2. The van der Waals surface area contributed by atoms with Gasteiger partial charge in [0.25, 0.3) is 0 Å². The summed E-state index contributed by atoms with van der Waals surface area (Å²) in [7, 11) is 0. The predicted molar refractivity (Wildman–Crippen MR) is 88.9 cm³/mol. The van der Waals surface area contributed by atoms with Crippen LogP contribution >= 0.6 is 0 Å². The number of hydrogen-bond donors (Lipinski definition) is 1. The molecule has 0 bridgehead atoms. The van der Waals surface area contributed by atoms with Crippen molar-refractivity contribution in [3.8, 4) is 5.88 Å². The van der Waals surface area contributed by atoms with Gasteiger partial charge in [0, 0.05) is 24.7 Å². The summed E-state index contributed by atoms with van der Waals surface area (Å²) in [6.45, 7) is 5.78.